The summed E-state index contributed by atoms with van der Waals surface area (Å²) in [5, 5.41) is 2.63. The van der Waals surface area contributed by atoms with E-state index in [-0.39, 0.29) is 0 Å². The highest BCUT2D eigenvalue weighted by atomic mass is 19.1. The monoisotopic (exact) mass is 276 g/mol. The van der Waals surface area contributed by atoms with Crippen LogP contribution in [0.3, 0.4) is 0 Å². The van der Waals surface area contributed by atoms with E-state index >= 15 is 0 Å². The molecule has 5 heteroatoms. The Hall–Kier alpha value is -2.43. The van der Waals surface area contributed by atoms with Crippen LogP contribution in [0.15, 0.2) is 42.5 Å². The summed E-state index contributed by atoms with van der Waals surface area (Å²) in [4.78, 5) is 13.8. The quantitative estimate of drug-likeness (QED) is 0.933. The smallest absolute Gasteiger partial charge is 0.255 e. The molecule has 0 heterocycles. The Morgan fingerprint density at radius 2 is 1.60 bits per heavy atom. The fourth-order valence-electron chi connectivity index (χ4n) is 1.79. The minimum Gasteiger partial charge on any atom is -0.376 e. The van der Waals surface area contributed by atoms with Crippen LogP contribution in [0.4, 0.5) is 20.2 Å². The lowest BCUT2D eigenvalue weighted by molar-refractivity contribution is 0.102. The lowest BCUT2D eigenvalue weighted by Gasteiger charge is -2.18. The van der Waals surface area contributed by atoms with Crippen molar-refractivity contribution < 1.29 is 13.6 Å². The SMILES string of the molecule is CN(C)c1ccc(F)cc1NC(=O)c1ccc(F)cc1. The van der Waals surface area contributed by atoms with Crippen LogP contribution in [0.5, 0.6) is 0 Å². The van der Waals surface area contributed by atoms with Gasteiger partial charge in [0.25, 0.3) is 5.91 Å². The van der Waals surface area contributed by atoms with Crippen LogP contribution in [-0.2, 0) is 0 Å². The Balaban J connectivity index is 2.27. The number of halogens is 2. The van der Waals surface area contributed by atoms with Crippen molar-refractivity contribution in [2.75, 3.05) is 24.3 Å². The van der Waals surface area contributed by atoms with Gasteiger partial charge in [-0.2, -0.15) is 0 Å². The van der Waals surface area contributed by atoms with Gasteiger partial charge in [0.05, 0.1) is 11.4 Å². The second-order valence-corrected chi connectivity index (χ2v) is 4.52. The summed E-state index contributed by atoms with van der Waals surface area (Å²) in [6, 6.07) is 9.30. The standard InChI is InChI=1S/C15H14F2N2O/c1-19(2)14-8-7-12(17)9-13(14)18-15(20)10-3-5-11(16)6-4-10/h3-9H,1-2H3,(H,18,20). The summed E-state index contributed by atoms with van der Waals surface area (Å²) in [6.07, 6.45) is 0. The molecule has 2 rings (SSSR count). The highest BCUT2D eigenvalue weighted by Gasteiger charge is 2.11. The first-order valence-corrected chi connectivity index (χ1v) is 6.01. The summed E-state index contributed by atoms with van der Waals surface area (Å²) >= 11 is 0. The lowest BCUT2D eigenvalue weighted by Crippen LogP contribution is -2.17. The molecular weight excluding hydrogens is 262 g/mol. The van der Waals surface area contributed by atoms with Crippen LogP contribution >= 0.6 is 0 Å². The van der Waals surface area contributed by atoms with Crippen molar-refractivity contribution in [1.29, 1.82) is 0 Å². The number of rotatable bonds is 3. The van der Waals surface area contributed by atoms with E-state index in [2.05, 4.69) is 5.32 Å². The number of carbonyl (C=O) groups is 1. The van der Waals surface area contributed by atoms with Crippen molar-refractivity contribution >= 4 is 17.3 Å². The Bertz CT molecular complexity index is 624. The molecule has 0 radical (unpaired) electrons. The zero-order chi connectivity index (χ0) is 14.7. The first-order chi connectivity index (χ1) is 9.47. The first kappa shape index (κ1) is 14.0. The molecule has 0 atom stereocenters. The number of benzene rings is 2. The van der Waals surface area contributed by atoms with E-state index in [1.165, 1.54) is 36.4 Å². The van der Waals surface area contributed by atoms with Gasteiger partial charge < -0.3 is 10.2 Å². The third-order valence-electron chi connectivity index (χ3n) is 2.80. The van der Waals surface area contributed by atoms with E-state index in [1.54, 1.807) is 25.1 Å². The number of hydrogen-bond donors (Lipinski definition) is 1. The predicted molar refractivity (Wildman–Crippen MR) is 75.1 cm³/mol. The molecule has 0 unspecified atom stereocenters. The number of nitrogens with one attached hydrogen (secondary N) is 1. The Labute approximate surface area is 115 Å². The van der Waals surface area contributed by atoms with Gasteiger partial charge >= 0.3 is 0 Å². The van der Waals surface area contributed by atoms with E-state index in [4.69, 9.17) is 0 Å². The van der Waals surface area contributed by atoms with Gasteiger partial charge in [-0.05, 0) is 42.5 Å². The number of hydrogen-bond acceptors (Lipinski definition) is 2. The average Bonchev–Trinajstić information content (AvgIpc) is 2.39. The van der Waals surface area contributed by atoms with E-state index in [9.17, 15) is 13.6 Å². The van der Waals surface area contributed by atoms with Gasteiger partial charge in [-0.15, -0.1) is 0 Å². The summed E-state index contributed by atoms with van der Waals surface area (Å²) in [7, 11) is 3.58. The number of nitrogens with zero attached hydrogens (tertiary/aromatic N) is 1. The van der Waals surface area contributed by atoms with Gasteiger partial charge in [0.1, 0.15) is 11.6 Å². The van der Waals surface area contributed by atoms with Crippen molar-refractivity contribution in [3.05, 3.63) is 59.7 Å². The summed E-state index contributed by atoms with van der Waals surface area (Å²) in [5.74, 6) is -1.27. The zero-order valence-electron chi connectivity index (χ0n) is 11.2. The van der Waals surface area contributed by atoms with Crippen LogP contribution in [0.25, 0.3) is 0 Å². The number of carbonyl (C=O) groups excluding carboxylic acids is 1. The molecular formula is C15H14F2N2O. The second-order valence-electron chi connectivity index (χ2n) is 4.52. The summed E-state index contributed by atoms with van der Waals surface area (Å²) in [5.41, 5.74) is 1.35. The van der Waals surface area contributed by atoms with E-state index in [0.29, 0.717) is 16.9 Å². The molecule has 2 aromatic rings. The molecule has 3 nitrogen and oxygen atoms in total. The second kappa shape index (κ2) is 5.69. The summed E-state index contributed by atoms with van der Waals surface area (Å²) < 4.78 is 26.1. The molecule has 0 saturated heterocycles. The van der Waals surface area contributed by atoms with E-state index in [1.807, 2.05) is 0 Å². The minimum absolute atomic E-state index is 0.306. The normalized spacial score (nSPS) is 10.2. The maximum absolute atomic E-state index is 13.3. The highest BCUT2D eigenvalue weighted by Crippen LogP contribution is 2.25. The molecule has 20 heavy (non-hydrogen) atoms. The molecule has 2 aromatic carbocycles. The van der Waals surface area contributed by atoms with Crippen LogP contribution in [0.2, 0.25) is 0 Å². The van der Waals surface area contributed by atoms with Crippen molar-refractivity contribution in [2.24, 2.45) is 0 Å². The average molecular weight is 276 g/mol. The van der Waals surface area contributed by atoms with Crippen LogP contribution in [-0.4, -0.2) is 20.0 Å². The molecule has 1 N–H and O–H groups in total. The largest absolute Gasteiger partial charge is 0.376 e. The molecule has 0 bridgehead atoms. The Morgan fingerprint density at radius 3 is 2.20 bits per heavy atom. The third-order valence-corrected chi connectivity index (χ3v) is 2.80. The zero-order valence-corrected chi connectivity index (χ0v) is 11.2. The number of anilines is 2. The Morgan fingerprint density at radius 1 is 1.00 bits per heavy atom. The lowest BCUT2D eigenvalue weighted by atomic mass is 10.2. The Kier molecular flexibility index (Phi) is 3.98. The van der Waals surface area contributed by atoms with Crippen LogP contribution < -0.4 is 10.2 Å². The molecule has 1 amide bonds. The maximum atomic E-state index is 13.3. The van der Waals surface area contributed by atoms with Gasteiger partial charge in [0.15, 0.2) is 0 Å². The molecule has 0 fully saturated rings. The fraction of sp³-hybridized carbons (Fsp3) is 0.133. The molecule has 0 aliphatic rings. The van der Waals surface area contributed by atoms with Gasteiger partial charge in [0, 0.05) is 19.7 Å². The van der Waals surface area contributed by atoms with Crippen LogP contribution in [0, 0.1) is 11.6 Å². The fourth-order valence-corrected chi connectivity index (χ4v) is 1.79. The van der Waals surface area contributed by atoms with Gasteiger partial charge in [-0.25, -0.2) is 8.78 Å². The molecule has 0 aromatic heterocycles. The van der Waals surface area contributed by atoms with Crippen molar-refractivity contribution in [2.45, 2.75) is 0 Å². The predicted octanol–water partition coefficient (Wildman–Crippen LogP) is 3.28. The van der Waals surface area contributed by atoms with Crippen molar-refractivity contribution in [1.82, 2.24) is 0 Å². The number of amides is 1. The third kappa shape index (κ3) is 3.12. The van der Waals surface area contributed by atoms with Gasteiger partial charge in [0.2, 0.25) is 0 Å². The van der Waals surface area contributed by atoms with E-state index < -0.39 is 17.5 Å². The molecule has 104 valence electrons. The highest BCUT2D eigenvalue weighted by molar-refractivity contribution is 6.05. The molecule has 0 saturated carbocycles. The molecule has 0 spiro atoms. The van der Waals surface area contributed by atoms with E-state index in [0.717, 1.165) is 0 Å². The van der Waals surface area contributed by atoms with Gasteiger partial charge in [-0.3, -0.25) is 4.79 Å². The van der Waals surface area contributed by atoms with Crippen LogP contribution in [0.1, 0.15) is 10.4 Å². The maximum Gasteiger partial charge on any atom is 0.255 e. The summed E-state index contributed by atoms with van der Waals surface area (Å²) in [6.45, 7) is 0. The van der Waals surface area contributed by atoms with Crippen molar-refractivity contribution in [3.63, 3.8) is 0 Å². The minimum atomic E-state index is -0.440. The first-order valence-electron chi connectivity index (χ1n) is 6.01. The topological polar surface area (TPSA) is 32.3 Å². The molecule has 0 aliphatic carbocycles. The van der Waals surface area contributed by atoms with Gasteiger partial charge in [-0.1, -0.05) is 0 Å². The molecule has 0 aliphatic heterocycles. The van der Waals surface area contributed by atoms with Crippen molar-refractivity contribution in [3.8, 4) is 0 Å².